The molecule has 1 N–H and O–H groups in total. The Hall–Kier alpha value is -1.59. The number of nitrogens with zero attached hydrogens (tertiary/aromatic N) is 2. The van der Waals surface area contributed by atoms with Crippen molar-refractivity contribution in [2.24, 2.45) is 5.92 Å². The Morgan fingerprint density at radius 3 is 2.70 bits per heavy atom. The van der Waals surface area contributed by atoms with Crippen LogP contribution in [0.2, 0.25) is 0 Å². The molecule has 5 heteroatoms. The number of benzene rings is 1. The highest BCUT2D eigenvalue weighted by atomic mass is 16.5. The molecule has 5 nitrogen and oxygen atoms in total. The van der Waals surface area contributed by atoms with E-state index in [1.54, 1.807) is 7.11 Å². The van der Waals surface area contributed by atoms with Crippen molar-refractivity contribution in [2.45, 2.75) is 31.8 Å². The van der Waals surface area contributed by atoms with E-state index >= 15 is 0 Å². The summed E-state index contributed by atoms with van der Waals surface area (Å²) in [5.41, 5.74) is 1.28. The monoisotopic (exact) mass is 318 g/mol. The fourth-order valence-electron chi connectivity index (χ4n) is 3.84. The van der Waals surface area contributed by atoms with Crippen molar-refractivity contribution in [1.82, 2.24) is 9.80 Å². The summed E-state index contributed by atoms with van der Waals surface area (Å²) in [5.74, 6) is 1.54. The van der Waals surface area contributed by atoms with E-state index in [0.29, 0.717) is 12.0 Å². The van der Waals surface area contributed by atoms with Gasteiger partial charge in [0, 0.05) is 38.6 Å². The number of carbonyl (C=O) groups excluding carboxylic acids is 1. The maximum atomic E-state index is 12.2. The van der Waals surface area contributed by atoms with Crippen molar-refractivity contribution in [3.05, 3.63) is 29.8 Å². The van der Waals surface area contributed by atoms with E-state index in [4.69, 9.17) is 9.84 Å². The van der Waals surface area contributed by atoms with Crippen LogP contribution < -0.4 is 4.74 Å². The highest BCUT2D eigenvalue weighted by Gasteiger charge is 2.36. The van der Waals surface area contributed by atoms with E-state index in [0.717, 1.165) is 38.3 Å². The van der Waals surface area contributed by atoms with Gasteiger partial charge in [0.1, 0.15) is 5.75 Å². The summed E-state index contributed by atoms with van der Waals surface area (Å²) in [7, 11) is 1.68. The highest BCUT2D eigenvalue weighted by Crippen LogP contribution is 2.29. The first-order valence-electron chi connectivity index (χ1n) is 8.45. The fourth-order valence-corrected chi connectivity index (χ4v) is 3.84. The topological polar surface area (TPSA) is 53.0 Å². The molecule has 0 unspecified atom stereocenters. The Labute approximate surface area is 137 Å². The van der Waals surface area contributed by atoms with Crippen molar-refractivity contribution in [3.8, 4) is 5.75 Å². The summed E-state index contributed by atoms with van der Waals surface area (Å²) in [6, 6.07) is 8.52. The van der Waals surface area contributed by atoms with Crippen molar-refractivity contribution in [1.29, 1.82) is 0 Å². The van der Waals surface area contributed by atoms with Gasteiger partial charge < -0.3 is 14.7 Å². The van der Waals surface area contributed by atoms with Gasteiger partial charge in [-0.05, 0) is 36.5 Å². The quantitative estimate of drug-likeness (QED) is 0.894. The Kier molecular flexibility index (Phi) is 5.18. The van der Waals surface area contributed by atoms with Crippen molar-refractivity contribution in [3.63, 3.8) is 0 Å². The molecule has 0 saturated carbocycles. The van der Waals surface area contributed by atoms with Crippen LogP contribution in [0.5, 0.6) is 5.75 Å². The van der Waals surface area contributed by atoms with Gasteiger partial charge in [-0.15, -0.1) is 0 Å². The average molecular weight is 318 g/mol. The van der Waals surface area contributed by atoms with Gasteiger partial charge in [-0.2, -0.15) is 0 Å². The van der Waals surface area contributed by atoms with E-state index in [2.05, 4.69) is 17.0 Å². The molecule has 2 atom stereocenters. The minimum absolute atomic E-state index is 0.0533. The van der Waals surface area contributed by atoms with Crippen LogP contribution in [0.4, 0.5) is 0 Å². The largest absolute Gasteiger partial charge is 0.497 e. The van der Waals surface area contributed by atoms with Crippen LogP contribution in [0.3, 0.4) is 0 Å². The molecule has 0 aromatic heterocycles. The van der Waals surface area contributed by atoms with E-state index in [-0.39, 0.29) is 18.9 Å². The van der Waals surface area contributed by atoms with Crippen LogP contribution in [-0.4, -0.2) is 60.2 Å². The molecule has 0 radical (unpaired) electrons. The molecule has 3 heterocycles. The van der Waals surface area contributed by atoms with Gasteiger partial charge in [-0.25, -0.2) is 0 Å². The number of hydrogen-bond acceptors (Lipinski definition) is 4. The van der Waals surface area contributed by atoms with E-state index in [1.807, 2.05) is 17.0 Å². The lowest BCUT2D eigenvalue weighted by atomic mass is 9.95. The molecule has 126 valence electrons. The summed E-state index contributed by atoms with van der Waals surface area (Å²) in [4.78, 5) is 16.7. The minimum Gasteiger partial charge on any atom is -0.497 e. The molecular formula is C18H26N2O3. The standard InChI is InChI=1S/C18H26N2O3/c1-23-17-6-3-14(4-7-17)10-19-11-15-2-5-16(13-19)20(12-15)18(22)8-9-21/h3-4,6-7,15-16,21H,2,5,8-13H2,1H3/t15-,16+/m1/s1. The molecule has 3 fully saturated rings. The predicted molar refractivity (Wildman–Crippen MR) is 88.2 cm³/mol. The number of methoxy groups -OCH3 is 1. The van der Waals surface area contributed by atoms with Crippen LogP contribution in [-0.2, 0) is 11.3 Å². The predicted octanol–water partition coefficient (Wildman–Crippen LogP) is 1.50. The zero-order valence-corrected chi connectivity index (χ0v) is 13.8. The molecule has 0 spiro atoms. The minimum atomic E-state index is -0.0533. The first kappa shape index (κ1) is 16.3. The molecule has 1 amide bonds. The SMILES string of the molecule is COc1ccc(CN2C[C@H]3CC[C@@H](C2)N(C(=O)CCO)C3)cc1. The smallest absolute Gasteiger partial charge is 0.225 e. The molecule has 23 heavy (non-hydrogen) atoms. The second-order valence-electron chi connectivity index (χ2n) is 6.66. The lowest BCUT2D eigenvalue weighted by Gasteiger charge is -2.36. The lowest BCUT2D eigenvalue weighted by Crippen LogP contribution is -2.47. The highest BCUT2D eigenvalue weighted by molar-refractivity contribution is 5.76. The Bertz CT molecular complexity index is 532. The number of amides is 1. The van der Waals surface area contributed by atoms with Gasteiger partial charge >= 0.3 is 0 Å². The molecule has 0 aliphatic carbocycles. The fraction of sp³-hybridized carbons (Fsp3) is 0.611. The maximum absolute atomic E-state index is 12.2. The second kappa shape index (κ2) is 7.32. The number of piperidine rings is 1. The van der Waals surface area contributed by atoms with Gasteiger partial charge in [-0.3, -0.25) is 9.69 Å². The van der Waals surface area contributed by atoms with Crippen LogP contribution in [0.1, 0.15) is 24.8 Å². The zero-order chi connectivity index (χ0) is 16.2. The van der Waals surface area contributed by atoms with Gasteiger partial charge in [0.25, 0.3) is 0 Å². The summed E-state index contributed by atoms with van der Waals surface area (Å²) >= 11 is 0. The number of aliphatic hydroxyl groups excluding tert-OH is 1. The number of hydrogen-bond donors (Lipinski definition) is 1. The molecular weight excluding hydrogens is 292 g/mol. The van der Waals surface area contributed by atoms with Gasteiger partial charge in [-0.1, -0.05) is 12.1 Å². The third kappa shape index (κ3) is 3.85. The first-order chi connectivity index (χ1) is 11.2. The molecule has 3 saturated heterocycles. The number of carbonyl (C=O) groups is 1. The van der Waals surface area contributed by atoms with Crippen LogP contribution in [0.15, 0.2) is 24.3 Å². The molecule has 3 aliphatic rings. The Morgan fingerprint density at radius 1 is 1.22 bits per heavy atom. The van der Waals surface area contributed by atoms with Crippen LogP contribution in [0.25, 0.3) is 0 Å². The van der Waals surface area contributed by atoms with Crippen LogP contribution >= 0.6 is 0 Å². The lowest BCUT2D eigenvalue weighted by molar-refractivity contribution is -0.135. The zero-order valence-electron chi connectivity index (χ0n) is 13.8. The van der Waals surface area contributed by atoms with Crippen LogP contribution in [0, 0.1) is 5.92 Å². The number of aliphatic hydroxyl groups is 1. The molecule has 1 aromatic rings. The average Bonchev–Trinajstić information content (AvgIpc) is 2.86. The normalized spacial score (nSPS) is 24.5. The molecule has 4 rings (SSSR count). The second-order valence-corrected chi connectivity index (χ2v) is 6.66. The van der Waals surface area contributed by atoms with Gasteiger partial charge in [0.05, 0.1) is 13.7 Å². The molecule has 3 aliphatic heterocycles. The summed E-state index contributed by atoms with van der Waals surface area (Å²) in [5, 5.41) is 9.03. The summed E-state index contributed by atoms with van der Waals surface area (Å²) in [6.45, 7) is 3.69. The van der Waals surface area contributed by atoms with Crippen molar-refractivity contribution in [2.75, 3.05) is 33.4 Å². The van der Waals surface area contributed by atoms with Gasteiger partial charge in [0.15, 0.2) is 0 Å². The number of fused-ring (bicyclic) bond motifs is 4. The maximum Gasteiger partial charge on any atom is 0.225 e. The number of ether oxygens (including phenoxy) is 1. The molecule has 1 aromatic carbocycles. The van der Waals surface area contributed by atoms with Crippen molar-refractivity contribution >= 4 is 5.91 Å². The van der Waals surface area contributed by atoms with Gasteiger partial charge in [0.2, 0.25) is 5.91 Å². The molecule has 2 bridgehead atoms. The van der Waals surface area contributed by atoms with E-state index in [9.17, 15) is 4.79 Å². The van der Waals surface area contributed by atoms with E-state index < -0.39 is 0 Å². The number of rotatable bonds is 5. The summed E-state index contributed by atoms with van der Waals surface area (Å²) < 4.78 is 5.21. The Balaban J connectivity index is 1.65. The summed E-state index contributed by atoms with van der Waals surface area (Å²) in [6.07, 6.45) is 2.54. The Morgan fingerprint density at radius 2 is 2.00 bits per heavy atom. The first-order valence-corrected chi connectivity index (χ1v) is 8.45. The van der Waals surface area contributed by atoms with E-state index in [1.165, 1.54) is 12.0 Å². The third-order valence-corrected chi connectivity index (χ3v) is 5.00. The van der Waals surface area contributed by atoms with Crippen molar-refractivity contribution < 1.29 is 14.6 Å². The third-order valence-electron chi connectivity index (χ3n) is 5.00.